The van der Waals surface area contributed by atoms with Gasteiger partial charge in [0.25, 0.3) is 5.91 Å². The first kappa shape index (κ1) is 22.0. The highest BCUT2D eigenvalue weighted by Gasteiger charge is 2.28. The first-order valence-corrected chi connectivity index (χ1v) is 9.80. The molecule has 0 aliphatic carbocycles. The quantitative estimate of drug-likeness (QED) is 0.730. The number of amides is 3. The van der Waals surface area contributed by atoms with Crippen molar-refractivity contribution in [1.82, 2.24) is 10.6 Å². The maximum absolute atomic E-state index is 12.4. The molecule has 162 valence electrons. The average Bonchev–Trinajstić information content (AvgIpc) is 2.70. The molecule has 3 amide bonds. The monoisotopic (exact) mass is 424 g/mol. The van der Waals surface area contributed by atoms with Gasteiger partial charge in [-0.05, 0) is 50.1 Å². The van der Waals surface area contributed by atoms with Crippen LogP contribution in [0.1, 0.15) is 58.7 Å². The molecule has 1 aliphatic heterocycles. The van der Waals surface area contributed by atoms with Crippen LogP contribution in [0.15, 0.2) is 48.5 Å². The van der Waals surface area contributed by atoms with Crippen LogP contribution in [0, 0.1) is 0 Å². The molecule has 1 heterocycles. The van der Waals surface area contributed by atoms with Gasteiger partial charge in [0.1, 0.15) is 6.10 Å². The molecule has 0 bridgehead atoms. The lowest BCUT2D eigenvalue weighted by Crippen LogP contribution is -2.49. The predicted octanol–water partition coefficient (Wildman–Crippen LogP) is 2.92. The van der Waals surface area contributed by atoms with Crippen LogP contribution in [-0.4, -0.2) is 36.0 Å². The summed E-state index contributed by atoms with van der Waals surface area (Å²) in [4.78, 5) is 48.2. The highest BCUT2D eigenvalue weighted by Crippen LogP contribution is 2.31. The van der Waals surface area contributed by atoms with Gasteiger partial charge in [0, 0.05) is 12.0 Å². The van der Waals surface area contributed by atoms with Gasteiger partial charge in [-0.25, -0.2) is 14.4 Å². The summed E-state index contributed by atoms with van der Waals surface area (Å²) >= 11 is 0. The Kier molecular flexibility index (Phi) is 6.39. The zero-order valence-corrected chi connectivity index (χ0v) is 17.6. The SMILES string of the molecule is CC(C)(C)NC(=O)NC(=O)COC(=O)c1ccc2c(c1)CC(c1ccccc1)OC2=O. The Balaban J connectivity index is 1.63. The van der Waals surface area contributed by atoms with E-state index < -0.39 is 42.1 Å². The molecular formula is C23H24N2O6. The molecule has 8 nitrogen and oxygen atoms in total. The molecule has 1 unspecified atom stereocenters. The highest BCUT2D eigenvalue weighted by atomic mass is 16.5. The molecule has 0 aromatic heterocycles. The minimum Gasteiger partial charge on any atom is -0.454 e. The third-order valence-electron chi connectivity index (χ3n) is 4.46. The minimum absolute atomic E-state index is 0.201. The largest absolute Gasteiger partial charge is 0.454 e. The van der Waals surface area contributed by atoms with E-state index in [1.165, 1.54) is 12.1 Å². The molecule has 2 N–H and O–H groups in total. The zero-order valence-electron chi connectivity index (χ0n) is 17.6. The summed E-state index contributed by atoms with van der Waals surface area (Å²) in [7, 11) is 0. The van der Waals surface area contributed by atoms with Crippen LogP contribution in [-0.2, 0) is 20.7 Å². The fourth-order valence-corrected chi connectivity index (χ4v) is 3.13. The number of cyclic esters (lactones) is 1. The van der Waals surface area contributed by atoms with Gasteiger partial charge in [0.05, 0.1) is 11.1 Å². The Labute approximate surface area is 179 Å². The Bertz CT molecular complexity index is 1010. The number of esters is 2. The van der Waals surface area contributed by atoms with Gasteiger partial charge in [-0.3, -0.25) is 10.1 Å². The van der Waals surface area contributed by atoms with Gasteiger partial charge in [-0.1, -0.05) is 30.3 Å². The van der Waals surface area contributed by atoms with Gasteiger partial charge >= 0.3 is 18.0 Å². The van der Waals surface area contributed by atoms with E-state index in [0.29, 0.717) is 17.5 Å². The third-order valence-corrected chi connectivity index (χ3v) is 4.46. The number of carbonyl (C=O) groups is 4. The van der Waals surface area contributed by atoms with Crippen molar-refractivity contribution >= 4 is 23.9 Å². The number of imide groups is 1. The molecule has 1 aliphatic rings. The van der Waals surface area contributed by atoms with E-state index in [4.69, 9.17) is 9.47 Å². The van der Waals surface area contributed by atoms with Crippen molar-refractivity contribution in [3.8, 4) is 0 Å². The van der Waals surface area contributed by atoms with E-state index in [0.717, 1.165) is 5.56 Å². The predicted molar refractivity (Wildman–Crippen MR) is 111 cm³/mol. The van der Waals surface area contributed by atoms with Crippen molar-refractivity contribution in [3.05, 3.63) is 70.8 Å². The molecule has 1 atom stereocenters. The van der Waals surface area contributed by atoms with Gasteiger partial charge in [-0.2, -0.15) is 0 Å². The number of hydrogen-bond acceptors (Lipinski definition) is 6. The smallest absolute Gasteiger partial charge is 0.339 e. The van der Waals surface area contributed by atoms with Crippen molar-refractivity contribution in [2.24, 2.45) is 0 Å². The van der Waals surface area contributed by atoms with Crippen molar-refractivity contribution in [2.45, 2.75) is 38.8 Å². The number of nitrogens with one attached hydrogen (secondary N) is 2. The van der Waals surface area contributed by atoms with Gasteiger partial charge in [-0.15, -0.1) is 0 Å². The Morgan fingerprint density at radius 3 is 2.48 bits per heavy atom. The molecule has 31 heavy (non-hydrogen) atoms. The van der Waals surface area contributed by atoms with E-state index in [9.17, 15) is 19.2 Å². The van der Waals surface area contributed by atoms with Gasteiger partial charge in [0.15, 0.2) is 6.61 Å². The zero-order chi connectivity index (χ0) is 22.6. The molecule has 0 radical (unpaired) electrons. The summed E-state index contributed by atoms with van der Waals surface area (Å²) < 4.78 is 10.5. The number of fused-ring (bicyclic) bond motifs is 1. The van der Waals surface area contributed by atoms with Crippen LogP contribution >= 0.6 is 0 Å². The topological polar surface area (TPSA) is 111 Å². The van der Waals surface area contributed by atoms with Crippen molar-refractivity contribution in [2.75, 3.05) is 6.61 Å². The second-order valence-electron chi connectivity index (χ2n) is 8.21. The first-order valence-electron chi connectivity index (χ1n) is 9.80. The standard InChI is InChI=1S/C23H24N2O6/c1-23(2,3)25-22(29)24-19(26)13-30-20(27)15-9-10-17-16(11-15)12-18(31-21(17)28)14-7-5-4-6-8-14/h4-11,18H,12-13H2,1-3H3,(H2,24,25,26,29). The van der Waals surface area contributed by atoms with E-state index >= 15 is 0 Å². The summed E-state index contributed by atoms with van der Waals surface area (Å²) in [6.45, 7) is 4.70. The van der Waals surface area contributed by atoms with Crippen LogP contribution in [0.3, 0.4) is 0 Å². The number of carbonyl (C=O) groups excluding carboxylic acids is 4. The molecule has 8 heteroatoms. The highest BCUT2D eigenvalue weighted by molar-refractivity contribution is 5.98. The average molecular weight is 424 g/mol. The number of urea groups is 1. The fraction of sp³-hybridized carbons (Fsp3) is 0.304. The van der Waals surface area contributed by atoms with Crippen LogP contribution in [0.4, 0.5) is 4.79 Å². The molecule has 0 spiro atoms. The lowest BCUT2D eigenvalue weighted by Gasteiger charge is -2.25. The molecule has 2 aromatic carbocycles. The Morgan fingerprint density at radius 2 is 1.81 bits per heavy atom. The lowest BCUT2D eigenvalue weighted by atomic mass is 9.93. The summed E-state index contributed by atoms with van der Waals surface area (Å²) in [5, 5.41) is 4.67. The number of ether oxygens (including phenoxy) is 2. The van der Waals surface area contributed by atoms with Crippen LogP contribution in [0.25, 0.3) is 0 Å². The van der Waals surface area contributed by atoms with Crippen molar-refractivity contribution in [3.63, 3.8) is 0 Å². The van der Waals surface area contributed by atoms with E-state index in [2.05, 4.69) is 10.6 Å². The number of rotatable bonds is 4. The molecule has 0 saturated heterocycles. The van der Waals surface area contributed by atoms with Crippen LogP contribution in [0.5, 0.6) is 0 Å². The van der Waals surface area contributed by atoms with Gasteiger partial charge < -0.3 is 14.8 Å². The summed E-state index contributed by atoms with van der Waals surface area (Å²) in [6, 6.07) is 13.2. The third kappa shape index (κ3) is 5.91. The normalized spacial score (nSPS) is 15.3. The van der Waals surface area contributed by atoms with Crippen molar-refractivity contribution in [1.29, 1.82) is 0 Å². The summed E-state index contributed by atoms with van der Waals surface area (Å²) in [5.74, 6) is -1.94. The second kappa shape index (κ2) is 8.99. The lowest BCUT2D eigenvalue weighted by molar-refractivity contribution is -0.123. The molecular weight excluding hydrogens is 400 g/mol. The van der Waals surface area contributed by atoms with E-state index in [1.807, 2.05) is 30.3 Å². The van der Waals surface area contributed by atoms with Crippen LogP contribution in [0.2, 0.25) is 0 Å². The second-order valence-corrected chi connectivity index (χ2v) is 8.21. The molecule has 0 fully saturated rings. The Hall–Kier alpha value is -3.68. The molecule has 0 saturated carbocycles. The molecule has 2 aromatic rings. The first-order chi connectivity index (χ1) is 14.6. The maximum atomic E-state index is 12.4. The van der Waals surface area contributed by atoms with E-state index in [1.54, 1.807) is 26.8 Å². The van der Waals surface area contributed by atoms with Gasteiger partial charge in [0.2, 0.25) is 0 Å². The number of benzene rings is 2. The minimum atomic E-state index is -0.749. The summed E-state index contributed by atoms with van der Waals surface area (Å²) in [6.07, 6.45) is -0.0285. The Morgan fingerprint density at radius 1 is 1.10 bits per heavy atom. The summed E-state index contributed by atoms with van der Waals surface area (Å²) in [5.41, 5.74) is 1.60. The molecule has 3 rings (SSSR count). The van der Waals surface area contributed by atoms with Crippen LogP contribution < -0.4 is 10.6 Å². The van der Waals surface area contributed by atoms with Crippen molar-refractivity contribution < 1.29 is 28.7 Å². The van der Waals surface area contributed by atoms with E-state index in [-0.39, 0.29) is 5.56 Å². The number of hydrogen-bond donors (Lipinski definition) is 2. The fourth-order valence-electron chi connectivity index (χ4n) is 3.13. The maximum Gasteiger partial charge on any atom is 0.339 e.